The number of hydrogen-bond donors (Lipinski definition) is 1. The lowest BCUT2D eigenvalue weighted by Crippen LogP contribution is -2.43. The van der Waals surface area contributed by atoms with E-state index in [1.54, 1.807) is 0 Å². The first-order valence-corrected chi connectivity index (χ1v) is 11.2. The zero-order valence-electron chi connectivity index (χ0n) is 17.9. The molecule has 0 aliphatic carbocycles. The van der Waals surface area contributed by atoms with E-state index in [0.29, 0.717) is 25.3 Å². The van der Waals surface area contributed by atoms with E-state index >= 15 is 0 Å². The van der Waals surface area contributed by atoms with Gasteiger partial charge in [0.05, 0.1) is 19.3 Å². The van der Waals surface area contributed by atoms with Gasteiger partial charge in [0.1, 0.15) is 11.5 Å². The van der Waals surface area contributed by atoms with Crippen molar-refractivity contribution in [2.45, 2.75) is 38.8 Å². The Morgan fingerprint density at radius 1 is 1.00 bits per heavy atom. The molecular weight excluding hydrogens is 378 g/mol. The van der Waals surface area contributed by atoms with Gasteiger partial charge in [-0.2, -0.15) is 0 Å². The molecule has 1 aromatic carbocycles. The number of nitrogens with zero attached hydrogens (tertiary/aromatic N) is 2. The maximum absolute atomic E-state index is 12.8. The van der Waals surface area contributed by atoms with Crippen LogP contribution in [0.4, 0.5) is 0 Å². The van der Waals surface area contributed by atoms with Crippen LogP contribution in [0.25, 0.3) is 0 Å². The van der Waals surface area contributed by atoms with Crippen molar-refractivity contribution in [1.82, 2.24) is 15.1 Å². The number of hydrogen-bond acceptors (Lipinski definition) is 5. The second kappa shape index (κ2) is 10.2. The summed E-state index contributed by atoms with van der Waals surface area (Å²) >= 11 is 0. The van der Waals surface area contributed by atoms with Gasteiger partial charge in [-0.1, -0.05) is 18.6 Å². The lowest BCUT2D eigenvalue weighted by molar-refractivity contribution is 0.0117. The maximum atomic E-state index is 12.8. The summed E-state index contributed by atoms with van der Waals surface area (Å²) < 4.78 is 11.4. The van der Waals surface area contributed by atoms with E-state index in [1.165, 1.54) is 37.9 Å². The number of morpholine rings is 1. The Balaban J connectivity index is 1.35. The van der Waals surface area contributed by atoms with Gasteiger partial charge in [0, 0.05) is 31.7 Å². The van der Waals surface area contributed by atoms with Crippen LogP contribution in [0.3, 0.4) is 0 Å². The summed E-state index contributed by atoms with van der Waals surface area (Å²) in [4.78, 5) is 17.6. The van der Waals surface area contributed by atoms with Crippen molar-refractivity contribution in [3.8, 4) is 0 Å². The first-order valence-electron chi connectivity index (χ1n) is 11.2. The lowest BCUT2D eigenvalue weighted by atomic mass is 10.1. The number of piperidine rings is 1. The van der Waals surface area contributed by atoms with Crippen molar-refractivity contribution in [2.24, 2.45) is 0 Å². The van der Waals surface area contributed by atoms with Gasteiger partial charge >= 0.3 is 0 Å². The third kappa shape index (κ3) is 5.50. The molecule has 162 valence electrons. The van der Waals surface area contributed by atoms with Crippen LogP contribution in [0, 0.1) is 6.92 Å². The van der Waals surface area contributed by atoms with Crippen molar-refractivity contribution >= 4 is 5.91 Å². The van der Waals surface area contributed by atoms with Gasteiger partial charge < -0.3 is 14.5 Å². The van der Waals surface area contributed by atoms with E-state index in [0.717, 1.165) is 31.2 Å². The molecule has 1 N–H and O–H groups in total. The first-order chi connectivity index (χ1) is 14.7. The number of carbonyl (C=O) groups excluding carboxylic acids is 1. The van der Waals surface area contributed by atoms with Crippen LogP contribution in [0.1, 0.15) is 52.7 Å². The van der Waals surface area contributed by atoms with E-state index in [1.807, 2.05) is 31.2 Å². The summed E-state index contributed by atoms with van der Waals surface area (Å²) in [5.41, 5.74) is 1.97. The summed E-state index contributed by atoms with van der Waals surface area (Å²) in [5, 5.41) is 3.11. The fourth-order valence-electron chi connectivity index (χ4n) is 4.36. The Labute approximate surface area is 179 Å². The predicted octanol–water partition coefficient (Wildman–Crippen LogP) is 3.38. The molecule has 0 bridgehead atoms. The van der Waals surface area contributed by atoms with Gasteiger partial charge in [0.2, 0.25) is 0 Å². The van der Waals surface area contributed by atoms with E-state index in [2.05, 4.69) is 27.2 Å². The SMILES string of the molecule is Cc1ccc(C(CNC(=O)c2ccc(CN3CCCCC3)cc2)N2CCOCC2)o1. The van der Waals surface area contributed by atoms with Crippen LogP contribution < -0.4 is 5.32 Å². The van der Waals surface area contributed by atoms with Crippen LogP contribution in [0.2, 0.25) is 0 Å². The Morgan fingerprint density at radius 3 is 2.40 bits per heavy atom. The summed E-state index contributed by atoms with van der Waals surface area (Å²) in [5.74, 6) is 1.74. The molecular formula is C24H33N3O3. The number of amides is 1. The van der Waals surface area contributed by atoms with Crippen molar-refractivity contribution in [2.75, 3.05) is 45.9 Å². The molecule has 0 radical (unpaired) electrons. The number of rotatable bonds is 7. The van der Waals surface area contributed by atoms with Gasteiger partial charge in [-0.15, -0.1) is 0 Å². The third-order valence-corrected chi connectivity index (χ3v) is 6.10. The molecule has 1 atom stereocenters. The fraction of sp³-hybridized carbons (Fsp3) is 0.542. The number of furan rings is 1. The molecule has 30 heavy (non-hydrogen) atoms. The Hall–Kier alpha value is -2.15. The van der Waals surface area contributed by atoms with E-state index in [-0.39, 0.29) is 11.9 Å². The molecule has 2 aliphatic heterocycles. The largest absolute Gasteiger partial charge is 0.465 e. The van der Waals surface area contributed by atoms with Crippen molar-refractivity contribution in [3.63, 3.8) is 0 Å². The minimum Gasteiger partial charge on any atom is -0.465 e. The highest BCUT2D eigenvalue weighted by Crippen LogP contribution is 2.23. The van der Waals surface area contributed by atoms with Crippen LogP contribution in [-0.2, 0) is 11.3 Å². The number of aryl methyl sites for hydroxylation is 1. The van der Waals surface area contributed by atoms with Crippen molar-refractivity contribution in [1.29, 1.82) is 0 Å². The van der Waals surface area contributed by atoms with Gasteiger partial charge in [-0.05, 0) is 62.7 Å². The molecule has 2 fully saturated rings. The second-order valence-electron chi connectivity index (χ2n) is 8.36. The molecule has 1 amide bonds. The summed E-state index contributed by atoms with van der Waals surface area (Å²) in [6.07, 6.45) is 3.93. The zero-order chi connectivity index (χ0) is 20.8. The molecule has 2 aliphatic rings. The van der Waals surface area contributed by atoms with E-state index in [4.69, 9.17) is 9.15 Å². The molecule has 6 heteroatoms. The monoisotopic (exact) mass is 411 g/mol. The fourth-order valence-corrected chi connectivity index (χ4v) is 4.36. The minimum atomic E-state index is -0.0407. The van der Waals surface area contributed by atoms with E-state index in [9.17, 15) is 4.79 Å². The molecule has 1 aromatic heterocycles. The summed E-state index contributed by atoms with van der Waals surface area (Å²) in [7, 11) is 0. The lowest BCUT2D eigenvalue weighted by Gasteiger charge is -2.33. The number of nitrogens with one attached hydrogen (secondary N) is 1. The van der Waals surface area contributed by atoms with Gasteiger partial charge in [0.25, 0.3) is 5.91 Å². The summed E-state index contributed by atoms with van der Waals surface area (Å²) in [6, 6.07) is 12.1. The molecule has 0 saturated carbocycles. The molecule has 2 saturated heterocycles. The van der Waals surface area contributed by atoms with Gasteiger partial charge in [0.15, 0.2) is 0 Å². The first kappa shape index (κ1) is 21.1. The Bertz CT molecular complexity index is 805. The molecule has 4 rings (SSSR count). The number of carbonyl (C=O) groups is 1. The number of benzene rings is 1. The van der Waals surface area contributed by atoms with Gasteiger partial charge in [-0.3, -0.25) is 14.6 Å². The van der Waals surface area contributed by atoms with Crippen molar-refractivity contribution < 1.29 is 13.9 Å². The molecule has 2 aromatic rings. The maximum Gasteiger partial charge on any atom is 0.251 e. The second-order valence-corrected chi connectivity index (χ2v) is 8.36. The topological polar surface area (TPSA) is 58.0 Å². The third-order valence-electron chi connectivity index (χ3n) is 6.10. The number of ether oxygens (including phenoxy) is 1. The van der Waals surface area contributed by atoms with Crippen LogP contribution in [0.5, 0.6) is 0 Å². The summed E-state index contributed by atoms with van der Waals surface area (Å²) in [6.45, 7) is 8.89. The average molecular weight is 412 g/mol. The van der Waals surface area contributed by atoms with Crippen LogP contribution in [0.15, 0.2) is 40.8 Å². The predicted molar refractivity (Wildman–Crippen MR) is 116 cm³/mol. The highest BCUT2D eigenvalue weighted by molar-refractivity contribution is 5.94. The Morgan fingerprint density at radius 2 is 1.73 bits per heavy atom. The smallest absolute Gasteiger partial charge is 0.251 e. The van der Waals surface area contributed by atoms with Crippen LogP contribution >= 0.6 is 0 Å². The molecule has 0 spiro atoms. The Kier molecular flexibility index (Phi) is 7.20. The quantitative estimate of drug-likeness (QED) is 0.757. The highest BCUT2D eigenvalue weighted by Gasteiger charge is 2.26. The normalized spacial score (nSPS) is 19.5. The molecule has 3 heterocycles. The van der Waals surface area contributed by atoms with Gasteiger partial charge in [-0.25, -0.2) is 0 Å². The van der Waals surface area contributed by atoms with Crippen LogP contribution in [-0.4, -0.2) is 61.6 Å². The highest BCUT2D eigenvalue weighted by atomic mass is 16.5. The molecule has 1 unspecified atom stereocenters. The van der Waals surface area contributed by atoms with Crippen molar-refractivity contribution in [3.05, 3.63) is 59.0 Å². The minimum absolute atomic E-state index is 0.0184. The van der Waals surface area contributed by atoms with E-state index < -0.39 is 0 Å². The average Bonchev–Trinajstić information content (AvgIpc) is 3.21. The molecule has 6 nitrogen and oxygen atoms in total. The standard InChI is InChI=1S/C24H33N3O3/c1-19-5-10-23(30-19)22(27-13-15-29-16-14-27)17-25-24(28)21-8-6-20(7-9-21)18-26-11-3-2-4-12-26/h5-10,22H,2-4,11-18H2,1H3,(H,25,28). The zero-order valence-corrected chi connectivity index (χ0v) is 17.9. The number of likely N-dealkylation sites (tertiary alicyclic amines) is 1.